The Morgan fingerprint density at radius 1 is 1.28 bits per heavy atom. The number of hydrogen-bond acceptors (Lipinski definition) is 4. The highest BCUT2D eigenvalue weighted by atomic mass is 16.3. The van der Waals surface area contributed by atoms with Gasteiger partial charge in [0.2, 0.25) is 11.8 Å². The van der Waals surface area contributed by atoms with Crippen LogP contribution in [0.5, 0.6) is 0 Å². The van der Waals surface area contributed by atoms with Crippen molar-refractivity contribution in [3.63, 3.8) is 0 Å². The summed E-state index contributed by atoms with van der Waals surface area (Å²) >= 11 is 0. The second kappa shape index (κ2) is 7.81. The van der Waals surface area contributed by atoms with Gasteiger partial charge in [-0.15, -0.1) is 0 Å². The van der Waals surface area contributed by atoms with E-state index < -0.39 is 24.0 Å². The van der Waals surface area contributed by atoms with Crippen LogP contribution in [-0.4, -0.2) is 34.8 Å². The van der Waals surface area contributed by atoms with Crippen LogP contribution < -0.4 is 11.1 Å². The molecule has 0 saturated carbocycles. The maximum absolute atomic E-state index is 11.6. The smallest absolute Gasteiger partial charge is 0.249 e. The summed E-state index contributed by atoms with van der Waals surface area (Å²) in [5, 5.41) is 11.9. The van der Waals surface area contributed by atoms with Crippen LogP contribution in [0, 0.1) is 5.92 Å². The van der Waals surface area contributed by atoms with E-state index in [-0.39, 0.29) is 24.5 Å². The molecule has 0 heterocycles. The maximum atomic E-state index is 11.6. The third-order valence-corrected chi connectivity index (χ3v) is 2.44. The van der Waals surface area contributed by atoms with E-state index in [9.17, 15) is 19.5 Å². The summed E-state index contributed by atoms with van der Waals surface area (Å²) in [6.45, 7) is 5.14. The molecule has 0 aliphatic heterocycles. The molecule has 0 aromatic heterocycles. The van der Waals surface area contributed by atoms with Crippen molar-refractivity contribution in [3.05, 3.63) is 0 Å². The number of rotatable bonds is 8. The lowest BCUT2D eigenvalue weighted by Crippen LogP contribution is -2.48. The summed E-state index contributed by atoms with van der Waals surface area (Å²) in [5.74, 6) is -1.26. The van der Waals surface area contributed by atoms with Gasteiger partial charge in [0.05, 0.1) is 0 Å². The van der Waals surface area contributed by atoms with Crippen molar-refractivity contribution in [2.24, 2.45) is 11.7 Å². The molecular weight excluding hydrogens is 236 g/mol. The standard InChI is InChI=1S/C12H22N2O4/c1-7(2)6-10(16)12(18)14-9(11(13)17)5-4-8(3)15/h7,9-10,16H,4-6H2,1-3H3,(H2,13,17)(H,14,18)/t9-,10-/m0/s1. The van der Waals surface area contributed by atoms with E-state index in [1.165, 1.54) is 6.92 Å². The Balaban J connectivity index is 4.35. The Labute approximate surface area is 107 Å². The molecule has 0 radical (unpaired) electrons. The Morgan fingerprint density at radius 3 is 2.22 bits per heavy atom. The Bertz CT molecular complexity index is 315. The molecule has 0 aromatic rings. The minimum absolute atomic E-state index is 0.0850. The van der Waals surface area contributed by atoms with E-state index in [0.717, 1.165) is 0 Å². The largest absolute Gasteiger partial charge is 0.383 e. The van der Waals surface area contributed by atoms with Gasteiger partial charge in [0.15, 0.2) is 0 Å². The predicted molar refractivity (Wildman–Crippen MR) is 66.5 cm³/mol. The number of primary amides is 1. The van der Waals surface area contributed by atoms with Gasteiger partial charge < -0.3 is 21.0 Å². The zero-order valence-corrected chi connectivity index (χ0v) is 11.1. The molecule has 6 heteroatoms. The molecule has 0 saturated heterocycles. The summed E-state index contributed by atoms with van der Waals surface area (Å²) in [5.41, 5.74) is 5.13. The van der Waals surface area contributed by atoms with Gasteiger partial charge in [0.25, 0.3) is 0 Å². The van der Waals surface area contributed by atoms with Gasteiger partial charge in [-0.3, -0.25) is 9.59 Å². The molecule has 0 aliphatic rings. The summed E-state index contributed by atoms with van der Waals surface area (Å²) in [6.07, 6.45) is -0.535. The topological polar surface area (TPSA) is 109 Å². The van der Waals surface area contributed by atoms with Gasteiger partial charge in [-0.1, -0.05) is 13.8 Å². The Kier molecular flexibility index (Phi) is 7.19. The molecule has 0 aliphatic carbocycles. The first-order valence-electron chi connectivity index (χ1n) is 6.01. The van der Waals surface area contributed by atoms with Gasteiger partial charge in [0, 0.05) is 6.42 Å². The van der Waals surface area contributed by atoms with Gasteiger partial charge in [0.1, 0.15) is 17.9 Å². The van der Waals surface area contributed by atoms with Crippen LogP contribution in [0.15, 0.2) is 0 Å². The lowest BCUT2D eigenvalue weighted by molar-refractivity contribution is -0.134. The molecule has 4 N–H and O–H groups in total. The van der Waals surface area contributed by atoms with Crippen molar-refractivity contribution in [3.8, 4) is 0 Å². The lowest BCUT2D eigenvalue weighted by atomic mass is 10.0. The Morgan fingerprint density at radius 2 is 1.83 bits per heavy atom. The van der Waals surface area contributed by atoms with Gasteiger partial charge >= 0.3 is 0 Å². The molecular formula is C12H22N2O4. The zero-order valence-electron chi connectivity index (χ0n) is 11.1. The molecule has 6 nitrogen and oxygen atoms in total. The van der Waals surface area contributed by atoms with E-state index in [4.69, 9.17) is 5.73 Å². The second-order valence-electron chi connectivity index (χ2n) is 4.85. The van der Waals surface area contributed by atoms with Crippen LogP contribution in [0.25, 0.3) is 0 Å². The first-order chi connectivity index (χ1) is 8.23. The number of nitrogens with two attached hydrogens (primary N) is 1. The molecule has 0 rings (SSSR count). The van der Waals surface area contributed by atoms with E-state index in [1.54, 1.807) is 0 Å². The highest BCUT2D eigenvalue weighted by Gasteiger charge is 2.23. The van der Waals surface area contributed by atoms with Crippen molar-refractivity contribution in [1.29, 1.82) is 0 Å². The molecule has 0 spiro atoms. The first-order valence-corrected chi connectivity index (χ1v) is 6.01. The van der Waals surface area contributed by atoms with Gasteiger partial charge in [-0.05, 0) is 25.7 Å². The number of aliphatic hydroxyl groups is 1. The van der Waals surface area contributed by atoms with Crippen molar-refractivity contribution in [2.45, 2.75) is 52.2 Å². The first kappa shape index (κ1) is 16.6. The van der Waals surface area contributed by atoms with Crippen LogP contribution >= 0.6 is 0 Å². The number of amides is 2. The quantitative estimate of drug-likeness (QED) is 0.556. The van der Waals surface area contributed by atoms with Crippen LogP contribution in [0.2, 0.25) is 0 Å². The molecule has 0 fully saturated rings. The average molecular weight is 258 g/mol. The average Bonchev–Trinajstić information content (AvgIpc) is 2.21. The van der Waals surface area contributed by atoms with Crippen molar-refractivity contribution >= 4 is 17.6 Å². The Hall–Kier alpha value is -1.43. The molecule has 0 aromatic carbocycles. The highest BCUT2D eigenvalue weighted by molar-refractivity contribution is 5.88. The maximum Gasteiger partial charge on any atom is 0.249 e. The fraction of sp³-hybridized carbons (Fsp3) is 0.750. The highest BCUT2D eigenvalue weighted by Crippen LogP contribution is 2.06. The summed E-state index contributed by atoms with van der Waals surface area (Å²) < 4.78 is 0. The fourth-order valence-corrected chi connectivity index (χ4v) is 1.45. The molecule has 2 atom stereocenters. The second-order valence-corrected chi connectivity index (χ2v) is 4.85. The van der Waals surface area contributed by atoms with Crippen LogP contribution in [0.4, 0.5) is 0 Å². The molecule has 104 valence electrons. The number of carbonyl (C=O) groups excluding carboxylic acids is 3. The SMILES string of the molecule is CC(=O)CC[C@H](NC(=O)[C@@H](O)CC(C)C)C(N)=O. The third-order valence-electron chi connectivity index (χ3n) is 2.44. The fourth-order valence-electron chi connectivity index (χ4n) is 1.45. The predicted octanol–water partition coefficient (Wildman–Crippen LogP) is -0.267. The van der Waals surface area contributed by atoms with Gasteiger partial charge in [-0.2, -0.15) is 0 Å². The van der Waals surface area contributed by atoms with Crippen molar-refractivity contribution < 1.29 is 19.5 Å². The van der Waals surface area contributed by atoms with Crippen LogP contribution in [0.3, 0.4) is 0 Å². The lowest BCUT2D eigenvalue weighted by Gasteiger charge is -2.18. The van der Waals surface area contributed by atoms with E-state index >= 15 is 0 Å². The van der Waals surface area contributed by atoms with Crippen LogP contribution in [0.1, 0.15) is 40.0 Å². The molecule has 2 amide bonds. The number of nitrogens with one attached hydrogen (secondary N) is 1. The van der Waals surface area contributed by atoms with E-state index in [0.29, 0.717) is 6.42 Å². The number of aliphatic hydroxyl groups excluding tert-OH is 1. The number of hydrogen-bond donors (Lipinski definition) is 3. The minimum Gasteiger partial charge on any atom is -0.383 e. The normalized spacial score (nSPS) is 14.1. The van der Waals surface area contributed by atoms with Crippen LogP contribution in [-0.2, 0) is 14.4 Å². The molecule has 18 heavy (non-hydrogen) atoms. The number of carbonyl (C=O) groups is 3. The summed E-state index contributed by atoms with van der Waals surface area (Å²) in [6, 6.07) is -0.914. The monoisotopic (exact) mass is 258 g/mol. The van der Waals surface area contributed by atoms with E-state index in [2.05, 4.69) is 5.32 Å². The zero-order chi connectivity index (χ0) is 14.3. The van der Waals surface area contributed by atoms with Crippen molar-refractivity contribution in [1.82, 2.24) is 5.32 Å². The summed E-state index contributed by atoms with van der Waals surface area (Å²) in [4.78, 5) is 33.5. The molecule has 0 bridgehead atoms. The molecule has 0 unspecified atom stereocenters. The van der Waals surface area contributed by atoms with Gasteiger partial charge in [-0.25, -0.2) is 0 Å². The number of Topliss-reactive ketones (excluding diaryl/α,β-unsaturated/α-hetero) is 1. The van der Waals surface area contributed by atoms with E-state index in [1.807, 2.05) is 13.8 Å². The third kappa shape index (κ3) is 7.01. The van der Waals surface area contributed by atoms with Crippen molar-refractivity contribution in [2.75, 3.05) is 0 Å². The summed E-state index contributed by atoms with van der Waals surface area (Å²) in [7, 11) is 0. The minimum atomic E-state index is -1.16. The number of ketones is 1.